The zero-order chi connectivity index (χ0) is 16.7. The van der Waals surface area contributed by atoms with E-state index >= 15 is 0 Å². The van der Waals surface area contributed by atoms with Crippen LogP contribution in [0.2, 0.25) is 0 Å². The Morgan fingerprint density at radius 1 is 1.39 bits per heavy atom. The number of carbonyl (C=O) groups excluding carboxylic acids is 1. The van der Waals surface area contributed by atoms with Crippen molar-refractivity contribution in [2.45, 2.75) is 38.6 Å². The van der Waals surface area contributed by atoms with Crippen LogP contribution in [0.4, 0.5) is 0 Å². The van der Waals surface area contributed by atoms with Gasteiger partial charge in [0.15, 0.2) is 11.5 Å². The van der Waals surface area contributed by atoms with Gasteiger partial charge >= 0.3 is 0 Å². The highest BCUT2D eigenvalue weighted by atomic mass is 16.5. The van der Waals surface area contributed by atoms with Crippen molar-refractivity contribution in [3.05, 3.63) is 23.8 Å². The van der Waals surface area contributed by atoms with Crippen molar-refractivity contribution in [1.29, 1.82) is 0 Å². The van der Waals surface area contributed by atoms with E-state index < -0.39 is 0 Å². The summed E-state index contributed by atoms with van der Waals surface area (Å²) in [7, 11) is 3.53. The smallest absolute Gasteiger partial charge is 0.254 e. The van der Waals surface area contributed by atoms with Gasteiger partial charge in [-0.05, 0) is 44.5 Å². The molecule has 2 rings (SSSR count). The molecule has 0 bridgehead atoms. The van der Waals surface area contributed by atoms with E-state index in [0.717, 1.165) is 38.8 Å². The molecule has 0 aliphatic carbocycles. The topological polar surface area (TPSA) is 50.8 Å². The van der Waals surface area contributed by atoms with Crippen LogP contribution in [0.1, 0.15) is 43.0 Å². The lowest BCUT2D eigenvalue weighted by atomic mass is 10.1. The van der Waals surface area contributed by atoms with Crippen molar-refractivity contribution in [1.82, 2.24) is 10.2 Å². The first-order chi connectivity index (χ1) is 11.2. The molecule has 0 spiro atoms. The lowest BCUT2D eigenvalue weighted by molar-refractivity contribution is 0.0736. The summed E-state index contributed by atoms with van der Waals surface area (Å²) in [6.07, 6.45) is 4.21. The van der Waals surface area contributed by atoms with Crippen molar-refractivity contribution in [2.75, 3.05) is 33.9 Å². The van der Waals surface area contributed by atoms with Crippen molar-refractivity contribution in [2.24, 2.45) is 0 Å². The predicted octanol–water partition coefficient (Wildman–Crippen LogP) is 2.70. The molecule has 0 radical (unpaired) electrons. The Kier molecular flexibility index (Phi) is 6.71. The quantitative estimate of drug-likeness (QED) is 0.748. The number of hydrogen-bond acceptors (Lipinski definition) is 4. The zero-order valence-corrected chi connectivity index (χ0v) is 14.4. The van der Waals surface area contributed by atoms with E-state index in [0.29, 0.717) is 23.7 Å². The minimum Gasteiger partial charge on any atom is -0.493 e. The molecule has 128 valence electrons. The summed E-state index contributed by atoms with van der Waals surface area (Å²) >= 11 is 0. The summed E-state index contributed by atoms with van der Waals surface area (Å²) < 4.78 is 11.1. The van der Waals surface area contributed by atoms with Gasteiger partial charge in [-0.2, -0.15) is 0 Å². The highest BCUT2D eigenvalue weighted by Crippen LogP contribution is 2.30. The van der Waals surface area contributed by atoms with Crippen LogP contribution in [-0.2, 0) is 0 Å². The molecule has 0 saturated carbocycles. The molecule has 1 unspecified atom stereocenters. The van der Waals surface area contributed by atoms with Gasteiger partial charge in [-0.15, -0.1) is 0 Å². The molecule has 1 amide bonds. The minimum atomic E-state index is 0.0705. The van der Waals surface area contributed by atoms with E-state index in [1.54, 1.807) is 13.2 Å². The molecule has 1 aromatic rings. The number of nitrogens with zero attached hydrogens (tertiary/aromatic N) is 1. The maximum Gasteiger partial charge on any atom is 0.254 e. The number of likely N-dealkylation sites (N-methyl/N-ethyl adjacent to an activating group) is 1. The Balaban J connectivity index is 2.11. The second-order valence-electron chi connectivity index (χ2n) is 5.92. The normalized spacial score (nSPS) is 17.3. The second kappa shape index (κ2) is 8.77. The van der Waals surface area contributed by atoms with Crippen LogP contribution < -0.4 is 14.8 Å². The van der Waals surface area contributed by atoms with Crippen molar-refractivity contribution in [3.63, 3.8) is 0 Å². The van der Waals surface area contributed by atoms with Crippen LogP contribution >= 0.6 is 0 Å². The molecule has 1 N–H and O–H groups in total. The van der Waals surface area contributed by atoms with Crippen molar-refractivity contribution in [3.8, 4) is 11.5 Å². The maximum atomic E-state index is 12.8. The first-order valence-electron chi connectivity index (χ1n) is 8.47. The highest BCUT2D eigenvalue weighted by molar-refractivity contribution is 5.95. The molecule has 5 heteroatoms. The first kappa shape index (κ1) is 17.6. The van der Waals surface area contributed by atoms with E-state index in [2.05, 4.69) is 12.2 Å². The Morgan fingerprint density at radius 3 is 2.91 bits per heavy atom. The number of amides is 1. The molecular formula is C18H28N2O3. The van der Waals surface area contributed by atoms with Crippen LogP contribution in [-0.4, -0.2) is 50.7 Å². The standard InChI is InChI=1S/C18H28N2O3/c1-4-5-11-23-16-9-8-14(12-17(16)22-3)18(21)20-10-6-7-15(20)13-19-2/h8-9,12,15,19H,4-7,10-11,13H2,1-3H3. The third kappa shape index (κ3) is 4.38. The largest absolute Gasteiger partial charge is 0.493 e. The summed E-state index contributed by atoms with van der Waals surface area (Å²) in [5.41, 5.74) is 0.660. The average Bonchev–Trinajstić information content (AvgIpc) is 3.03. The molecule has 1 saturated heterocycles. The first-order valence-corrected chi connectivity index (χ1v) is 8.47. The summed E-state index contributed by atoms with van der Waals surface area (Å²) in [5, 5.41) is 3.17. The number of methoxy groups -OCH3 is 1. The maximum absolute atomic E-state index is 12.8. The summed E-state index contributed by atoms with van der Waals surface area (Å²) in [4.78, 5) is 14.7. The molecule has 1 aliphatic heterocycles. The third-order valence-corrected chi connectivity index (χ3v) is 4.24. The molecular weight excluding hydrogens is 292 g/mol. The van der Waals surface area contributed by atoms with E-state index in [4.69, 9.17) is 9.47 Å². The summed E-state index contributed by atoms with van der Waals surface area (Å²) in [6, 6.07) is 5.74. The van der Waals surface area contributed by atoms with Gasteiger partial charge in [-0.3, -0.25) is 4.79 Å². The minimum absolute atomic E-state index is 0.0705. The number of benzene rings is 1. The molecule has 5 nitrogen and oxygen atoms in total. The van der Waals surface area contributed by atoms with Crippen LogP contribution in [0.15, 0.2) is 18.2 Å². The van der Waals surface area contributed by atoms with Gasteiger partial charge in [0.05, 0.1) is 13.7 Å². The third-order valence-electron chi connectivity index (χ3n) is 4.24. The lowest BCUT2D eigenvalue weighted by Gasteiger charge is -2.25. The van der Waals surface area contributed by atoms with Crippen LogP contribution in [0.3, 0.4) is 0 Å². The van der Waals surface area contributed by atoms with Gasteiger partial charge in [-0.25, -0.2) is 0 Å². The number of likely N-dealkylation sites (tertiary alicyclic amines) is 1. The number of nitrogens with one attached hydrogen (secondary N) is 1. The molecule has 1 heterocycles. The fourth-order valence-corrected chi connectivity index (χ4v) is 2.96. The van der Waals surface area contributed by atoms with Gasteiger partial charge in [0.25, 0.3) is 5.91 Å². The van der Waals surface area contributed by atoms with Gasteiger partial charge in [0, 0.05) is 24.7 Å². The number of ether oxygens (including phenoxy) is 2. The molecule has 0 aromatic heterocycles. The number of rotatable bonds is 8. The van der Waals surface area contributed by atoms with E-state index in [9.17, 15) is 4.79 Å². The van der Waals surface area contributed by atoms with Crippen molar-refractivity contribution < 1.29 is 14.3 Å². The Bertz CT molecular complexity index is 519. The number of carbonyl (C=O) groups is 1. The van der Waals surface area contributed by atoms with Crippen molar-refractivity contribution >= 4 is 5.91 Å². The monoisotopic (exact) mass is 320 g/mol. The van der Waals surface area contributed by atoms with Crippen LogP contribution in [0, 0.1) is 0 Å². The average molecular weight is 320 g/mol. The Morgan fingerprint density at radius 2 is 2.22 bits per heavy atom. The zero-order valence-electron chi connectivity index (χ0n) is 14.4. The summed E-state index contributed by atoms with van der Waals surface area (Å²) in [5.74, 6) is 1.39. The molecule has 23 heavy (non-hydrogen) atoms. The predicted molar refractivity (Wildman–Crippen MR) is 91.4 cm³/mol. The molecule has 1 aromatic carbocycles. The van der Waals surface area contributed by atoms with E-state index in [1.165, 1.54) is 0 Å². The molecule has 1 aliphatic rings. The number of unbranched alkanes of at least 4 members (excludes halogenated alkanes) is 1. The van der Waals surface area contributed by atoms with E-state index in [-0.39, 0.29) is 11.9 Å². The molecule has 1 fully saturated rings. The Labute approximate surface area is 139 Å². The van der Waals surface area contributed by atoms with Crippen LogP contribution in [0.5, 0.6) is 11.5 Å². The lowest BCUT2D eigenvalue weighted by Crippen LogP contribution is -2.40. The molecule has 1 atom stereocenters. The van der Waals surface area contributed by atoms with Gasteiger partial charge in [0.1, 0.15) is 0 Å². The van der Waals surface area contributed by atoms with E-state index in [1.807, 2.05) is 24.1 Å². The fourth-order valence-electron chi connectivity index (χ4n) is 2.96. The SMILES string of the molecule is CCCCOc1ccc(C(=O)N2CCCC2CNC)cc1OC. The second-order valence-corrected chi connectivity index (χ2v) is 5.92. The fraction of sp³-hybridized carbons (Fsp3) is 0.611. The number of hydrogen-bond donors (Lipinski definition) is 1. The van der Waals surface area contributed by atoms with Gasteiger partial charge in [0.2, 0.25) is 0 Å². The van der Waals surface area contributed by atoms with Gasteiger partial charge in [-0.1, -0.05) is 13.3 Å². The summed E-state index contributed by atoms with van der Waals surface area (Å²) in [6.45, 7) is 4.44. The Hall–Kier alpha value is -1.75. The van der Waals surface area contributed by atoms with Gasteiger partial charge < -0.3 is 19.7 Å². The highest BCUT2D eigenvalue weighted by Gasteiger charge is 2.29. The van der Waals surface area contributed by atoms with Crippen LogP contribution in [0.25, 0.3) is 0 Å².